The van der Waals surface area contributed by atoms with Gasteiger partial charge in [0.15, 0.2) is 0 Å². The van der Waals surface area contributed by atoms with Crippen LogP contribution in [0.25, 0.3) is 5.78 Å². The maximum Gasteiger partial charge on any atom is 0.253 e. The van der Waals surface area contributed by atoms with Crippen molar-refractivity contribution in [1.82, 2.24) is 19.6 Å². The number of rotatable bonds is 5. The lowest BCUT2D eigenvalue weighted by atomic mass is 10.0. The first kappa shape index (κ1) is 16.4. The Hall–Kier alpha value is -2.41. The third-order valence-corrected chi connectivity index (χ3v) is 4.54. The third kappa shape index (κ3) is 3.56. The summed E-state index contributed by atoms with van der Waals surface area (Å²) in [6.45, 7) is 6.06. The zero-order valence-corrected chi connectivity index (χ0v) is 14.6. The number of nitrogens with one attached hydrogen (secondary N) is 1. The van der Waals surface area contributed by atoms with E-state index in [0.29, 0.717) is 16.9 Å². The fraction of sp³-hybridized carbons (Fsp3) is 0.294. The molecule has 3 rings (SSSR count). The Morgan fingerprint density at radius 1 is 1.21 bits per heavy atom. The number of para-hydroxylation sites is 1. The molecule has 1 atom stereocenters. The Balaban J connectivity index is 1.71. The molecule has 2 heterocycles. The SMILES string of the molecule is CC(C)c1ccccc1NC(=O)[C@H](C)Sc1nc2ncccn2n1. The van der Waals surface area contributed by atoms with Gasteiger partial charge in [0.05, 0.1) is 5.25 Å². The molecule has 1 N–H and O–H groups in total. The van der Waals surface area contributed by atoms with Crippen molar-refractivity contribution >= 4 is 29.1 Å². The van der Waals surface area contributed by atoms with Crippen LogP contribution in [0.5, 0.6) is 0 Å². The molecule has 0 fully saturated rings. The number of fused-ring (bicyclic) bond motifs is 1. The minimum atomic E-state index is -0.317. The number of amides is 1. The van der Waals surface area contributed by atoms with Crippen molar-refractivity contribution in [2.75, 3.05) is 5.32 Å². The van der Waals surface area contributed by atoms with Crippen molar-refractivity contribution in [1.29, 1.82) is 0 Å². The lowest BCUT2D eigenvalue weighted by Crippen LogP contribution is -2.23. The number of hydrogen-bond acceptors (Lipinski definition) is 5. The molecule has 24 heavy (non-hydrogen) atoms. The zero-order chi connectivity index (χ0) is 17.1. The molecule has 1 aromatic carbocycles. The Labute approximate surface area is 144 Å². The summed E-state index contributed by atoms with van der Waals surface area (Å²) in [5.41, 5.74) is 1.98. The molecule has 0 aliphatic heterocycles. The Kier molecular flexibility index (Phi) is 4.80. The maximum absolute atomic E-state index is 12.5. The van der Waals surface area contributed by atoms with Gasteiger partial charge < -0.3 is 5.32 Å². The molecule has 0 saturated heterocycles. The van der Waals surface area contributed by atoms with E-state index < -0.39 is 0 Å². The van der Waals surface area contributed by atoms with E-state index in [1.807, 2.05) is 31.2 Å². The molecule has 0 radical (unpaired) electrons. The van der Waals surface area contributed by atoms with E-state index in [1.54, 1.807) is 23.0 Å². The molecule has 0 aliphatic rings. The van der Waals surface area contributed by atoms with E-state index in [4.69, 9.17) is 0 Å². The Morgan fingerprint density at radius 3 is 2.75 bits per heavy atom. The quantitative estimate of drug-likeness (QED) is 0.720. The van der Waals surface area contributed by atoms with Crippen molar-refractivity contribution in [3.05, 3.63) is 48.3 Å². The number of nitrogens with zero attached hydrogens (tertiary/aromatic N) is 4. The van der Waals surface area contributed by atoms with E-state index in [1.165, 1.54) is 11.8 Å². The summed E-state index contributed by atoms with van der Waals surface area (Å²) in [6, 6.07) is 9.66. The summed E-state index contributed by atoms with van der Waals surface area (Å²) in [5.74, 6) is 0.799. The molecule has 0 aliphatic carbocycles. The highest BCUT2D eigenvalue weighted by Gasteiger charge is 2.19. The van der Waals surface area contributed by atoms with Crippen LogP contribution in [0, 0.1) is 0 Å². The van der Waals surface area contributed by atoms with Gasteiger partial charge in [0.25, 0.3) is 5.78 Å². The molecule has 0 unspecified atom stereocenters. The van der Waals surface area contributed by atoms with Crippen LogP contribution >= 0.6 is 11.8 Å². The van der Waals surface area contributed by atoms with E-state index in [2.05, 4.69) is 34.2 Å². The molecule has 2 aromatic heterocycles. The lowest BCUT2D eigenvalue weighted by Gasteiger charge is -2.15. The predicted octanol–water partition coefficient (Wildman–Crippen LogP) is 3.37. The lowest BCUT2D eigenvalue weighted by molar-refractivity contribution is -0.115. The number of anilines is 1. The standard InChI is InChI=1S/C17H19N5OS/c1-11(2)13-7-4-5-8-14(13)19-15(23)12(3)24-17-20-16-18-9-6-10-22(16)21-17/h4-12H,1-3H3,(H,19,23)/t12-/m0/s1. The molecule has 0 bridgehead atoms. The number of carbonyl (C=O) groups is 1. The molecule has 0 spiro atoms. The highest BCUT2D eigenvalue weighted by molar-refractivity contribution is 8.00. The van der Waals surface area contributed by atoms with Crippen molar-refractivity contribution < 1.29 is 4.79 Å². The van der Waals surface area contributed by atoms with Crippen LogP contribution in [-0.4, -0.2) is 30.7 Å². The summed E-state index contributed by atoms with van der Waals surface area (Å²) in [4.78, 5) is 20.9. The number of thioether (sulfide) groups is 1. The summed E-state index contributed by atoms with van der Waals surface area (Å²) in [5, 5.41) is 7.54. The minimum absolute atomic E-state index is 0.0695. The van der Waals surface area contributed by atoms with E-state index in [9.17, 15) is 4.79 Å². The summed E-state index contributed by atoms with van der Waals surface area (Å²) >= 11 is 1.32. The van der Waals surface area contributed by atoms with Gasteiger partial charge in [-0.1, -0.05) is 43.8 Å². The van der Waals surface area contributed by atoms with Gasteiger partial charge in [-0.2, -0.15) is 4.98 Å². The molecule has 7 heteroatoms. The van der Waals surface area contributed by atoms with Crippen LogP contribution in [0.4, 0.5) is 5.69 Å². The molecule has 0 saturated carbocycles. The molecular formula is C17H19N5OS. The average Bonchev–Trinajstić information content (AvgIpc) is 2.97. The third-order valence-electron chi connectivity index (χ3n) is 3.59. The van der Waals surface area contributed by atoms with Gasteiger partial charge >= 0.3 is 0 Å². The topological polar surface area (TPSA) is 72.2 Å². The van der Waals surface area contributed by atoms with Crippen molar-refractivity contribution in [2.45, 2.75) is 37.1 Å². The van der Waals surface area contributed by atoms with Crippen LogP contribution in [0.3, 0.4) is 0 Å². The number of carbonyl (C=O) groups excluding carboxylic acids is 1. The monoisotopic (exact) mass is 341 g/mol. The second-order valence-electron chi connectivity index (χ2n) is 5.75. The Morgan fingerprint density at radius 2 is 2.00 bits per heavy atom. The fourth-order valence-corrected chi connectivity index (χ4v) is 3.08. The number of hydrogen-bond donors (Lipinski definition) is 1. The summed E-state index contributed by atoms with van der Waals surface area (Å²) in [6.07, 6.45) is 3.44. The largest absolute Gasteiger partial charge is 0.325 e. The van der Waals surface area contributed by atoms with Crippen molar-refractivity contribution in [2.24, 2.45) is 0 Å². The van der Waals surface area contributed by atoms with Gasteiger partial charge in [-0.25, -0.2) is 9.50 Å². The first-order chi connectivity index (χ1) is 11.5. The van der Waals surface area contributed by atoms with Crippen LogP contribution in [0.1, 0.15) is 32.3 Å². The predicted molar refractivity (Wildman–Crippen MR) is 95.3 cm³/mol. The maximum atomic E-state index is 12.5. The first-order valence-electron chi connectivity index (χ1n) is 7.78. The van der Waals surface area contributed by atoms with E-state index >= 15 is 0 Å². The second kappa shape index (κ2) is 7.00. The van der Waals surface area contributed by atoms with Crippen LogP contribution in [0.2, 0.25) is 0 Å². The average molecular weight is 341 g/mol. The van der Waals surface area contributed by atoms with Crippen LogP contribution < -0.4 is 5.32 Å². The Bertz CT molecular complexity index is 828. The molecular weight excluding hydrogens is 322 g/mol. The molecule has 124 valence electrons. The number of aromatic nitrogens is 4. The van der Waals surface area contributed by atoms with Gasteiger partial charge in [0.2, 0.25) is 11.1 Å². The highest BCUT2D eigenvalue weighted by Crippen LogP contribution is 2.26. The van der Waals surface area contributed by atoms with Crippen molar-refractivity contribution in [3.8, 4) is 0 Å². The normalized spacial score (nSPS) is 12.5. The summed E-state index contributed by atoms with van der Waals surface area (Å²) in [7, 11) is 0. The van der Waals surface area contributed by atoms with Gasteiger partial charge in [0.1, 0.15) is 0 Å². The van der Waals surface area contributed by atoms with E-state index in [0.717, 1.165) is 11.3 Å². The van der Waals surface area contributed by atoms with Crippen molar-refractivity contribution in [3.63, 3.8) is 0 Å². The second-order valence-corrected chi connectivity index (χ2v) is 7.06. The number of benzene rings is 1. The highest BCUT2D eigenvalue weighted by atomic mass is 32.2. The molecule has 3 aromatic rings. The minimum Gasteiger partial charge on any atom is -0.325 e. The zero-order valence-electron chi connectivity index (χ0n) is 13.8. The van der Waals surface area contributed by atoms with Gasteiger partial charge in [-0.15, -0.1) is 5.10 Å². The summed E-state index contributed by atoms with van der Waals surface area (Å²) < 4.78 is 1.60. The smallest absolute Gasteiger partial charge is 0.253 e. The van der Waals surface area contributed by atoms with Gasteiger partial charge in [-0.05, 0) is 30.5 Å². The van der Waals surface area contributed by atoms with Crippen LogP contribution in [0.15, 0.2) is 47.9 Å². The van der Waals surface area contributed by atoms with Crippen LogP contribution in [-0.2, 0) is 4.79 Å². The fourth-order valence-electron chi connectivity index (χ4n) is 2.32. The molecule has 6 nitrogen and oxygen atoms in total. The van der Waals surface area contributed by atoms with Gasteiger partial charge in [0, 0.05) is 18.1 Å². The first-order valence-corrected chi connectivity index (χ1v) is 8.66. The molecule has 1 amide bonds. The van der Waals surface area contributed by atoms with Gasteiger partial charge in [-0.3, -0.25) is 4.79 Å². The van der Waals surface area contributed by atoms with E-state index in [-0.39, 0.29) is 11.2 Å².